The van der Waals surface area contributed by atoms with Gasteiger partial charge >= 0.3 is 5.97 Å². The Hall–Kier alpha value is -2.82. The zero-order valence-corrected chi connectivity index (χ0v) is 13.5. The van der Waals surface area contributed by atoms with Gasteiger partial charge in [-0.15, -0.1) is 0 Å². The van der Waals surface area contributed by atoms with E-state index in [0.717, 1.165) is 0 Å². The maximum absolute atomic E-state index is 13.0. The van der Waals surface area contributed by atoms with Crippen molar-refractivity contribution in [1.29, 1.82) is 0 Å². The van der Waals surface area contributed by atoms with Gasteiger partial charge in [0.1, 0.15) is 12.4 Å². The van der Waals surface area contributed by atoms with Crippen LogP contribution in [0.2, 0.25) is 0 Å². The molecular weight excluding hydrogens is 306 g/mol. The molecule has 3 rings (SSSR count). The first-order chi connectivity index (χ1) is 11.7. The Morgan fingerprint density at radius 1 is 1.12 bits per heavy atom. The maximum Gasteiger partial charge on any atom is 0.308 e. The van der Waals surface area contributed by atoms with Crippen molar-refractivity contribution in [2.45, 2.75) is 19.4 Å². The Kier molecular flexibility index (Phi) is 4.79. The van der Waals surface area contributed by atoms with Gasteiger partial charge in [-0.3, -0.25) is 14.5 Å². The number of para-hydroxylation sites is 2. The summed E-state index contributed by atoms with van der Waals surface area (Å²) in [4.78, 5) is 26.6. The van der Waals surface area contributed by atoms with Gasteiger partial charge in [-0.1, -0.05) is 30.3 Å². The highest BCUT2D eigenvalue weighted by Gasteiger charge is 2.34. The van der Waals surface area contributed by atoms with Crippen LogP contribution < -0.4 is 9.64 Å². The van der Waals surface area contributed by atoms with Crippen molar-refractivity contribution >= 4 is 17.6 Å². The second kappa shape index (κ2) is 7.17. The molecule has 2 aromatic rings. The summed E-state index contributed by atoms with van der Waals surface area (Å²) in [6.45, 7) is 2.33. The molecule has 1 aliphatic rings. The van der Waals surface area contributed by atoms with Crippen molar-refractivity contribution < 1.29 is 19.1 Å². The van der Waals surface area contributed by atoms with Crippen molar-refractivity contribution in [3.63, 3.8) is 0 Å². The van der Waals surface area contributed by atoms with Gasteiger partial charge in [-0.2, -0.15) is 0 Å². The number of nitrogens with zero attached hydrogens (tertiary/aromatic N) is 1. The first-order valence-electron chi connectivity index (χ1n) is 7.96. The summed E-state index contributed by atoms with van der Waals surface area (Å²) in [5.41, 5.74) is 1.25. The largest absolute Gasteiger partial charge is 0.489 e. The fraction of sp³-hybridized carbons (Fsp3) is 0.263. The van der Waals surface area contributed by atoms with Gasteiger partial charge in [-0.25, -0.2) is 0 Å². The van der Waals surface area contributed by atoms with Crippen molar-refractivity contribution in [3.05, 3.63) is 60.2 Å². The van der Waals surface area contributed by atoms with Crippen molar-refractivity contribution in [2.24, 2.45) is 0 Å². The second-order valence-electron chi connectivity index (χ2n) is 5.48. The van der Waals surface area contributed by atoms with Gasteiger partial charge < -0.3 is 9.47 Å². The summed E-state index contributed by atoms with van der Waals surface area (Å²) < 4.78 is 10.8. The van der Waals surface area contributed by atoms with Crippen LogP contribution in [0.3, 0.4) is 0 Å². The maximum atomic E-state index is 13.0. The summed E-state index contributed by atoms with van der Waals surface area (Å²) in [5.74, 6) is 0.152. The number of hydrogen-bond acceptors (Lipinski definition) is 4. The second-order valence-corrected chi connectivity index (χ2v) is 5.48. The van der Waals surface area contributed by atoms with Gasteiger partial charge in [0, 0.05) is 5.56 Å². The molecule has 0 saturated carbocycles. The van der Waals surface area contributed by atoms with Crippen LogP contribution >= 0.6 is 0 Å². The first kappa shape index (κ1) is 16.1. The lowest BCUT2D eigenvalue weighted by Crippen LogP contribution is -2.48. The molecule has 5 nitrogen and oxygen atoms in total. The number of hydrogen-bond donors (Lipinski definition) is 0. The van der Waals surface area contributed by atoms with E-state index < -0.39 is 6.04 Å². The molecule has 0 bridgehead atoms. The molecule has 0 aromatic heterocycles. The number of ether oxygens (including phenoxy) is 2. The highest BCUT2D eigenvalue weighted by Crippen LogP contribution is 2.35. The van der Waals surface area contributed by atoms with Crippen LogP contribution in [0.15, 0.2) is 54.6 Å². The molecule has 2 aromatic carbocycles. The molecule has 1 unspecified atom stereocenters. The topological polar surface area (TPSA) is 55.8 Å². The Bertz CT molecular complexity index is 729. The fourth-order valence-electron chi connectivity index (χ4n) is 2.79. The van der Waals surface area contributed by atoms with E-state index in [2.05, 4.69) is 0 Å². The fourth-order valence-corrected chi connectivity index (χ4v) is 2.79. The molecule has 0 aliphatic carbocycles. The van der Waals surface area contributed by atoms with E-state index in [4.69, 9.17) is 9.47 Å². The molecule has 0 saturated heterocycles. The number of esters is 1. The van der Waals surface area contributed by atoms with E-state index in [1.807, 2.05) is 42.5 Å². The molecule has 1 aliphatic heterocycles. The number of anilines is 1. The minimum absolute atomic E-state index is 0.0980. The van der Waals surface area contributed by atoms with Crippen LogP contribution in [0.1, 0.15) is 23.7 Å². The SMILES string of the molecule is CCOC(=O)CC1COc2ccccc2N1C(=O)c1ccccc1. The minimum atomic E-state index is -0.397. The van der Waals surface area contributed by atoms with Gasteiger partial charge in [0.05, 0.1) is 24.8 Å². The third-order valence-corrected chi connectivity index (χ3v) is 3.87. The van der Waals surface area contributed by atoms with Gasteiger partial charge in [0.2, 0.25) is 0 Å². The van der Waals surface area contributed by atoms with E-state index in [-0.39, 0.29) is 24.9 Å². The normalized spacial score (nSPS) is 16.0. The lowest BCUT2D eigenvalue weighted by Gasteiger charge is -2.36. The zero-order chi connectivity index (χ0) is 16.9. The first-order valence-corrected chi connectivity index (χ1v) is 7.96. The molecule has 124 valence electrons. The quantitative estimate of drug-likeness (QED) is 0.811. The molecule has 0 N–H and O–H groups in total. The van der Waals surface area contributed by atoms with Gasteiger partial charge in [-0.05, 0) is 31.2 Å². The number of benzene rings is 2. The molecule has 1 amide bonds. The lowest BCUT2D eigenvalue weighted by atomic mass is 10.1. The molecule has 0 fully saturated rings. The average molecular weight is 325 g/mol. The molecular formula is C19H19NO4. The summed E-state index contributed by atoms with van der Waals surface area (Å²) in [7, 11) is 0. The minimum Gasteiger partial charge on any atom is -0.489 e. The van der Waals surface area contributed by atoms with Crippen molar-refractivity contribution in [1.82, 2.24) is 0 Å². The molecule has 1 heterocycles. The standard InChI is InChI=1S/C19H19NO4/c1-2-23-18(21)12-15-13-24-17-11-7-6-10-16(17)20(15)19(22)14-8-4-3-5-9-14/h3-11,15H,2,12-13H2,1H3. The molecule has 0 spiro atoms. The van der Waals surface area contributed by atoms with Crippen molar-refractivity contribution in [2.75, 3.05) is 18.1 Å². The van der Waals surface area contributed by atoms with E-state index in [1.54, 1.807) is 24.0 Å². The summed E-state index contributed by atoms with van der Waals surface area (Å²) in [6.07, 6.45) is 0.0980. The Morgan fingerprint density at radius 3 is 2.58 bits per heavy atom. The van der Waals surface area contributed by atoms with Crippen LogP contribution in [0, 0.1) is 0 Å². The number of carbonyl (C=O) groups excluding carboxylic acids is 2. The Labute approximate surface area is 140 Å². The van der Waals surface area contributed by atoms with Gasteiger partial charge in [0.15, 0.2) is 0 Å². The highest BCUT2D eigenvalue weighted by molar-refractivity contribution is 6.07. The Balaban J connectivity index is 1.95. The van der Waals surface area contributed by atoms with Crippen LogP contribution in [0.4, 0.5) is 5.69 Å². The van der Waals surface area contributed by atoms with Gasteiger partial charge in [0.25, 0.3) is 5.91 Å². The predicted molar refractivity (Wildman–Crippen MR) is 90.2 cm³/mol. The number of carbonyl (C=O) groups is 2. The molecule has 5 heteroatoms. The summed E-state index contributed by atoms with van der Waals surface area (Å²) in [5, 5.41) is 0. The molecule has 1 atom stereocenters. The van der Waals surface area contributed by atoms with E-state index in [0.29, 0.717) is 23.6 Å². The van der Waals surface area contributed by atoms with Crippen molar-refractivity contribution in [3.8, 4) is 5.75 Å². The Morgan fingerprint density at radius 2 is 1.83 bits per heavy atom. The zero-order valence-electron chi connectivity index (χ0n) is 13.5. The van der Waals surface area contributed by atoms with E-state index >= 15 is 0 Å². The monoisotopic (exact) mass is 325 g/mol. The highest BCUT2D eigenvalue weighted by atomic mass is 16.5. The van der Waals surface area contributed by atoms with E-state index in [9.17, 15) is 9.59 Å². The van der Waals surface area contributed by atoms with Crippen LogP contribution in [0.5, 0.6) is 5.75 Å². The van der Waals surface area contributed by atoms with Crippen LogP contribution in [-0.4, -0.2) is 31.1 Å². The number of amides is 1. The number of fused-ring (bicyclic) bond motifs is 1. The molecule has 24 heavy (non-hydrogen) atoms. The average Bonchev–Trinajstić information content (AvgIpc) is 2.62. The molecule has 0 radical (unpaired) electrons. The smallest absolute Gasteiger partial charge is 0.308 e. The van der Waals surface area contributed by atoms with Crippen LogP contribution in [0.25, 0.3) is 0 Å². The predicted octanol–water partition coefficient (Wildman–Crippen LogP) is 3.05. The summed E-state index contributed by atoms with van der Waals surface area (Å²) >= 11 is 0. The van der Waals surface area contributed by atoms with E-state index in [1.165, 1.54) is 0 Å². The number of rotatable bonds is 4. The summed E-state index contributed by atoms with van der Waals surface area (Å²) in [6, 6.07) is 16.0. The van der Waals surface area contributed by atoms with Crippen LogP contribution in [-0.2, 0) is 9.53 Å². The lowest BCUT2D eigenvalue weighted by molar-refractivity contribution is -0.143. The third kappa shape index (κ3) is 3.25. The third-order valence-electron chi connectivity index (χ3n) is 3.87.